The van der Waals surface area contributed by atoms with E-state index in [1.165, 1.54) is 0 Å². The molecule has 1 heterocycles. The van der Waals surface area contributed by atoms with Crippen LogP contribution >= 0.6 is 0 Å². The lowest BCUT2D eigenvalue weighted by Gasteiger charge is -2.16. The largest absolute Gasteiger partial charge is 0.390 e. The third kappa shape index (κ3) is 2.24. The van der Waals surface area contributed by atoms with E-state index < -0.39 is 12.2 Å². The minimum absolute atomic E-state index is 0.158. The van der Waals surface area contributed by atoms with Gasteiger partial charge in [0.1, 0.15) is 6.10 Å². The third-order valence-corrected chi connectivity index (χ3v) is 2.63. The van der Waals surface area contributed by atoms with Crippen LogP contribution in [0.1, 0.15) is 11.7 Å². The first-order chi connectivity index (χ1) is 8.24. The maximum atomic E-state index is 9.98. The number of aromatic amines is 1. The normalized spacial score (nSPS) is 14.2. The van der Waals surface area contributed by atoms with Crippen LogP contribution in [0.2, 0.25) is 0 Å². The van der Waals surface area contributed by atoms with Gasteiger partial charge in [-0.3, -0.25) is 0 Å². The van der Waals surface area contributed by atoms with E-state index in [-0.39, 0.29) is 6.54 Å². The number of aromatic nitrogens is 1. The van der Waals surface area contributed by atoms with Crippen molar-refractivity contribution < 1.29 is 10.2 Å². The van der Waals surface area contributed by atoms with Gasteiger partial charge in [-0.1, -0.05) is 23.3 Å². The fourth-order valence-electron chi connectivity index (χ4n) is 1.78. The Balaban J connectivity index is 2.32. The summed E-state index contributed by atoms with van der Waals surface area (Å²) in [6.45, 7) is -0.158. The van der Waals surface area contributed by atoms with Crippen LogP contribution in [0.5, 0.6) is 0 Å². The van der Waals surface area contributed by atoms with E-state index in [2.05, 4.69) is 15.0 Å². The average Bonchev–Trinajstić information content (AvgIpc) is 2.82. The van der Waals surface area contributed by atoms with Crippen molar-refractivity contribution in [2.45, 2.75) is 12.2 Å². The zero-order valence-corrected chi connectivity index (χ0v) is 8.98. The summed E-state index contributed by atoms with van der Waals surface area (Å²) < 4.78 is 0. The summed E-state index contributed by atoms with van der Waals surface area (Å²) in [4.78, 5) is 5.56. The molecule has 6 nitrogen and oxygen atoms in total. The van der Waals surface area contributed by atoms with Gasteiger partial charge < -0.3 is 15.2 Å². The van der Waals surface area contributed by atoms with Gasteiger partial charge in [0, 0.05) is 16.7 Å². The number of nitrogens with one attached hydrogen (secondary N) is 1. The fraction of sp³-hybridized carbons (Fsp3) is 0.273. The van der Waals surface area contributed by atoms with Crippen molar-refractivity contribution in [1.82, 2.24) is 4.98 Å². The number of nitrogens with zero attached hydrogens (tertiary/aromatic N) is 3. The summed E-state index contributed by atoms with van der Waals surface area (Å²) in [5.41, 5.74) is 9.53. The van der Waals surface area contributed by atoms with Gasteiger partial charge in [0.2, 0.25) is 0 Å². The van der Waals surface area contributed by atoms with Crippen molar-refractivity contribution in [2.24, 2.45) is 5.11 Å². The molecule has 0 radical (unpaired) electrons. The second kappa shape index (κ2) is 4.88. The summed E-state index contributed by atoms with van der Waals surface area (Å²) in [5.74, 6) is 0. The smallest absolute Gasteiger partial charge is 0.107 e. The van der Waals surface area contributed by atoms with Crippen molar-refractivity contribution in [2.75, 3.05) is 6.54 Å². The highest BCUT2D eigenvalue weighted by molar-refractivity contribution is 5.82. The van der Waals surface area contributed by atoms with Gasteiger partial charge in [0.15, 0.2) is 0 Å². The van der Waals surface area contributed by atoms with Crippen LogP contribution in [-0.2, 0) is 0 Å². The van der Waals surface area contributed by atoms with Crippen LogP contribution in [-0.4, -0.2) is 27.8 Å². The second-order valence-electron chi connectivity index (χ2n) is 3.71. The Hall–Kier alpha value is -2.01. The van der Waals surface area contributed by atoms with Crippen LogP contribution in [0.15, 0.2) is 35.6 Å². The van der Waals surface area contributed by atoms with E-state index in [4.69, 9.17) is 5.53 Å². The SMILES string of the molecule is [N-]=[N+]=NCC(O)C(O)c1cccc2cc[nH]c12. The maximum absolute atomic E-state index is 9.98. The molecule has 0 aliphatic rings. The zero-order chi connectivity index (χ0) is 12.3. The van der Waals surface area contributed by atoms with Crippen LogP contribution in [0, 0.1) is 0 Å². The Morgan fingerprint density at radius 3 is 2.94 bits per heavy atom. The highest BCUT2D eigenvalue weighted by Crippen LogP contribution is 2.25. The van der Waals surface area contributed by atoms with Gasteiger partial charge in [0.25, 0.3) is 0 Å². The van der Waals surface area contributed by atoms with Gasteiger partial charge in [-0.25, -0.2) is 0 Å². The molecule has 0 amide bonds. The summed E-state index contributed by atoms with van der Waals surface area (Å²) in [5, 5.41) is 23.9. The summed E-state index contributed by atoms with van der Waals surface area (Å²) in [6.07, 6.45) is -0.427. The van der Waals surface area contributed by atoms with Gasteiger partial charge in [0.05, 0.1) is 18.2 Å². The first kappa shape index (κ1) is 11.5. The van der Waals surface area contributed by atoms with E-state index in [0.29, 0.717) is 5.56 Å². The van der Waals surface area contributed by atoms with Crippen LogP contribution in [0.25, 0.3) is 21.3 Å². The Morgan fingerprint density at radius 1 is 1.35 bits per heavy atom. The molecule has 1 aromatic carbocycles. The third-order valence-electron chi connectivity index (χ3n) is 2.63. The number of hydrogen-bond acceptors (Lipinski definition) is 3. The molecule has 6 heteroatoms. The number of aliphatic hydroxyl groups excluding tert-OH is 2. The molecule has 2 aromatic rings. The molecule has 0 spiro atoms. The molecular formula is C11H12N4O2. The van der Waals surface area contributed by atoms with E-state index in [9.17, 15) is 10.2 Å². The molecule has 0 aliphatic heterocycles. The first-order valence-corrected chi connectivity index (χ1v) is 5.17. The van der Waals surface area contributed by atoms with Crippen molar-refractivity contribution in [3.05, 3.63) is 46.5 Å². The predicted octanol–water partition coefficient (Wildman–Crippen LogP) is 1.87. The van der Waals surface area contributed by atoms with Crippen molar-refractivity contribution in [3.63, 3.8) is 0 Å². The van der Waals surface area contributed by atoms with Gasteiger partial charge >= 0.3 is 0 Å². The summed E-state index contributed by atoms with van der Waals surface area (Å²) in [7, 11) is 0. The monoisotopic (exact) mass is 232 g/mol. The lowest BCUT2D eigenvalue weighted by molar-refractivity contribution is 0.0252. The Labute approximate surface area is 97.1 Å². The summed E-state index contributed by atoms with van der Waals surface area (Å²) in [6, 6.07) is 7.31. The number of hydrogen-bond donors (Lipinski definition) is 3. The Morgan fingerprint density at radius 2 is 2.18 bits per heavy atom. The molecule has 17 heavy (non-hydrogen) atoms. The highest BCUT2D eigenvalue weighted by Gasteiger charge is 2.19. The molecule has 88 valence electrons. The molecule has 3 N–H and O–H groups in total. The van der Waals surface area contributed by atoms with Crippen LogP contribution in [0.3, 0.4) is 0 Å². The number of fused-ring (bicyclic) bond motifs is 1. The van der Waals surface area contributed by atoms with E-state index in [1.54, 1.807) is 18.3 Å². The minimum atomic E-state index is -1.11. The topological polar surface area (TPSA) is 105 Å². The number of H-pyrrole nitrogens is 1. The van der Waals surface area contributed by atoms with Gasteiger partial charge in [-0.2, -0.15) is 0 Å². The molecule has 1 aromatic heterocycles. The molecular weight excluding hydrogens is 220 g/mol. The number of azide groups is 1. The number of para-hydroxylation sites is 1. The lowest BCUT2D eigenvalue weighted by Crippen LogP contribution is -2.21. The zero-order valence-electron chi connectivity index (χ0n) is 8.98. The minimum Gasteiger partial charge on any atom is -0.390 e. The fourth-order valence-corrected chi connectivity index (χ4v) is 1.78. The van der Waals surface area contributed by atoms with Crippen LogP contribution < -0.4 is 0 Å². The first-order valence-electron chi connectivity index (χ1n) is 5.17. The maximum Gasteiger partial charge on any atom is 0.107 e. The van der Waals surface area contributed by atoms with Gasteiger partial charge in [-0.05, 0) is 17.0 Å². The summed E-state index contributed by atoms with van der Waals surface area (Å²) >= 11 is 0. The van der Waals surface area contributed by atoms with Crippen LogP contribution in [0.4, 0.5) is 0 Å². The van der Waals surface area contributed by atoms with Crippen molar-refractivity contribution in [1.29, 1.82) is 0 Å². The van der Waals surface area contributed by atoms with E-state index in [0.717, 1.165) is 10.9 Å². The highest BCUT2D eigenvalue weighted by atomic mass is 16.3. The molecule has 0 saturated carbocycles. The molecule has 2 rings (SSSR count). The number of aliphatic hydroxyl groups is 2. The molecule has 0 aliphatic carbocycles. The molecule has 2 atom stereocenters. The standard InChI is InChI=1S/C11H12N4O2/c12-15-14-6-9(16)11(17)8-3-1-2-7-4-5-13-10(7)8/h1-5,9,11,13,16-17H,6H2. The molecule has 2 unspecified atom stereocenters. The van der Waals surface area contributed by atoms with Crippen molar-refractivity contribution >= 4 is 10.9 Å². The average molecular weight is 232 g/mol. The molecule has 0 saturated heterocycles. The van der Waals surface area contributed by atoms with E-state index in [1.807, 2.05) is 12.1 Å². The number of rotatable bonds is 4. The second-order valence-corrected chi connectivity index (χ2v) is 3.71. The quantitative estimate of drug-likeness (QED) is 0.425. The van der Waals surface area contributed by atoms with E-state index >= 15 is 0 Å². The predicted molar refractivity (Wildman–Crippen MR) is 63.3 cm³/mol. The lowest BCUT2D eigenvalue weighted by atomic mass is 10.0. The Bertz CT molecular complexity index is 559. The van der Waals surface area contributed by atoms with Gasteiger partial charge in [-0.15, -0.1) is 0 Å². The molecule has 0 fully saturated rings. The molecule has 0 bridgehead atoms. The Kier molecular flexibility index (Phi) is 3.30. The van der Waals surface area contributed by atoms with Crippen molar-refractivity contribution in [3.8, 4) is 0 Å². The number of benzene rings is 1.